The molecule has 1 aromatic heterocycles. The van der Waals surface area contributed by atoms with Crippen LogP contribution in [0.5, 0.6) is 0 Å². The number of hydrogen-bond donors (Lipinski definition) is 2. The average Bonchev–Trinajstić information content (AvgIpc) is 3.09. The summed E-state index contributed by atoms with van der Waals surface area (Å²) in [6.45, 7) is 3.46. The Morgan fingerprint density at radius 2 is 2.17 bits per heavy atom. The number of piperidine rings is 1. The Labute approximate surface area is 108 Å². The highest BCUT2D eigenvalue weighted by atomic mass is 16.3. The first-order valence-electron chi connectivity index (χ1n) is 6.95. The van der Waals surface area contributed by atoms with Crippen molar-refractivity contribution in [3.63, 3.8) is 0 Å². The maximum atomic E-state index is 10.6. The second kappa shape index (κ2) is 5.03. The Kier molecular flexibility index (Phi) is 3.41. The molecule has 1 aromatic rings. The molecular formula is C14H22N2O2. The maximum Gasteiger partial charge on any atom is 0.117 e. The molecular weight excluding hydrogens is 228 g/mol. The first-order chi connectivity index (χ1) is 8.75. The van der Waals surface area contributed by atoms with E-state index in [1.165, 1.54) is 12.8 Å². The van der Waals surface area contributed by atoms with Gasteiger partial charge in [0.1, 0.15) is 5.76 Å². The van der Waals surface area contributed by atoms with Gasteiger partial charge in [-0.1, -0.05) is 0 Å². The normalized spacial score (nSPS) is 23.4. The van der Waals surface area contributed by atoms with Gasteiger partial charge in [0.2, 0.25) is 0 Å². The van der Waals surface area contributed by atoms with Crippen LogP contribution in [0.25, 0.3) is 0 Å². The molecule has 1 saturated heterocycles. The zero-order valence-corrected chi connectivity index (χ0v) is 10.8. The molecule has 0 unspecified atom stereocenters. The van der Waals surface area contributed by atoms with Crippen LogP contribution in [0, 0.1) is 0 Å². The molecule has 0 bridgehead atoms. The van der Waals surface area contributed by atoms with Crippen molar-refractivity contribution in [3.05, 3.63) is 24.2 Å². The van der Waals surface area contributed by atoms with Gasteiger partial charge in [0.25, 0.3) is 0 Å². The zero-order valence-electron chi connectivity index (χ0n) is 10.8. The fraction of sp³-hybridized carbons (Fsp3) is 0.714. The van der Waals surface area contributed by atoms with E-state index >= 15 is 0 Å². The molecule has 0 spiro atoms. The predicted octanol–water partition coefficient (Wildman–Crippen LogP) is 1.36. The van der Waals surface area contributed by atoms with Gasteiger partial charge in [0.15, 0.2) is 0 Å². The third-order valence-corrected chi connectivity index (χ3v) is 4.03. The van der Waals surface area contributed by atoms with Gasteiger partial charge in [-0.3, -0.25) is 4.90 Å². The van der Waals surface area contributed by atoms with Gasteiger partial charge in [0.05, 0.1) is 18.4 Å². The summed E-state index contributed by atoms with van der Waals surface area (Å²) in [5.74, 6) is 0.999. The molecule has 2 aliphatic rings. The van der Waals surface area contributed by atoms with Crippen LogP contribution in [0.3, 0.4) is 0 Å². The summed E-state index contributed by atoms with van der Waals surface area (Å²) in [5.41, 5.74) is -0.513. The third-order valence-electron chi connectivity index (χ3n) is 4.03. The van der Waals surface area contributed by atoms with E-state index in [1.807, 2.05) is 12.1 Å². The van der Waals surface area contributed by atoms with Gasteiger partial charge in [-0.25, -0.2) is 0 Å². The molecule has 0 aromatic carbocycles. The average molecular weight is 250 g/mol. The molecule has 4 heteroatoms. The van der Waals surface area contributed by atoms with Crippen LogP contribution in [-0.2, 0) is 6.54 Å². The highest BCUT2D eigenvalue weighted by Crippen LogP contribution is 2.31. The minimum absolute atomic E-state index is 0.513. The van der Waals surface area contributed by atoms with Gasteiger partial charge in [-0.15, -0.1) is 0 Å². The van der Waals surface area contributed by atoms with E-state index in [0.717, 1.165) is 44.8 Å². The summed E-state index contributed by atoms with van der Waals surface area (Å²) in [6.07, 6.45) is 5.95. The number of nitrogens with zero attached hydrogens (tertiary/aromatic N) is 1. The number of rotatable bonds is 5. The zero-order chi connectivity index (χ0) is 12.4. The lowest BCUT2D eigenvalue weighted by atomic mass is 9.91. The van der Waals surface area contributed by atoms with Crippen molar-refractivity contribution in [1.29, 1.82) is 0 Å². The lowest BCUT2D eigenvalue weighted by Gasteiger charge is -2.37. The van der Waals surface area contributed by atoms with Gasteiger partial charge < -0.3 is 14.8 Å². The summed E-state index contributed by atoms with van der Waals surface area (Å²) in [6, 6.07) is 4.59. The summed E-state index contributed by atoms with van der Waals surface area (Å²) in [7, 11) is 0. The third kappa shape index (κ3) is 2.94. The minimum Gasteiger partial charge on any atom is -0.468 e. The second-order valence-electron chi connectivity index (χ2n) is 5.69. The van der Waals surface area contributed by atoms with Crippen molar-refractivity contribution in [2.75, 3.05) is 19.6 Å². The van der Waals surface area contributed by atoms with E-state index in [0.29, 0.717) is 6.04 Å². The summed E-state index contributed by atoms with van der Waals surface area (Å²) in [4.78, 5) is 2.39. The molecule has 2 heterocycles. The number of furan rings is 1. The molecule has 0 amide bonds. The summed E-state index contributed by atoms with van der Waals surface area (Å²) >= 11 is 0. The van der Waals surface area contributed by atoms with Crippen molar-refractivity contribution in [2.45, 2.75) is 43.9 Å². The quantitative estimate of drug-likeness (QED) is 0.828. The number of aliphatic hydroxyl groups is 1. The van der Waals surface area contributed by atoms with Gasteiger partial charge in [-0.2, -0.15) is 0 Å². The molecule has 2 N–H and O–H groups in total. The maximum absolute atomic E-state index is 10.6. The van der Waals surface area contributed by atoms with Crippen LogP contribution in [0.15, 0.2) is 22.8 Å². The Morgan fingerprint density at radius 3 is 2.78 bits per heavy atom. The summed E-state index contributed by atoms with van der Waals surface area (Å²) < 4.78 is 5.43. The van der Waals surface area contributed by atoms with E-state index in [9.17, 15) is 5.11 Å². The van der Waals surface area contributed by atoms with Crippen molar-refractivity contribution >= 4 is 0 Å². The van der Waals surface area contributed by atoms with Crippen molar-refractivity contribution in [2.24, 2.45) is 0 Å². The number of hydrogen-bond acceptors (Lipinski definition) is 4. The van der Waals surface area contributed by atoms with E-state index in [1.54, 1.807) is 6.26 Å². The molecule has 18 heavy (non-hydrogen) atoms. The molecule has 3 rings (SSSR count). The molecule has 1 aliphatic carbocycles. The topological polar surface area (TPSA) is 48.6 Å². The van der Waals surface area contributed by atoms with Crippen LogP contribution >= 0.6 is 0 Å². The predicted molar refractivity (Wildman–Crippen MR) is 69.2 cm³/mol. The first kappa shape index (κ1) is 12.2. The van der Waals surface area contributed by atoms with Crippen molar-refractivity contribution in [3.8, 4) is 0 Å². The Hall–Kier alpha value is -0.840. The molecule has 0 radical (unpaired) electrons. The van der Waals surface area contributed by atoms with Crippen LogP contribution in [-0.4, -0.2) is 41.3 Å². The fourth-order valence-corrected chi connectivity index (χ4v) is 2.78. The highest BCUT2D eigenvalue weighted by Gasteiger charge is 2.37. The Bertz CT molecular complexity index is 367. The van der Waals surface area contributed by atoms with E-state index in [-0.39, 0.29) is 0 Å². The summed E-state index contributed by atoms with van der Waals surface area (Å²) in [5, 5.41) is 13.9. The van der Waals surface area contributed by atoms with Crippen molar-refractivity contribution in [1.82, 2.24) is 10.2 Å². The minimum atomic E-state index is -0.513. The van der Waals surface area contributed by atoms with Gasteiger partial charge in [0, 0.05) is 12.6 Å². The van der Waals surface area contributed by atoms with Crippen LogP contribution in [0.1, 0.15) is 31.4 Å². The smallest absolute Gasteiger partial charge is 0.117 e. The largest absolute Gasteiger partial charge is 0.468 e. The second-order valence-corrected chi connectivity index (χ2v) is 5.69. The van der Waals surface area contributed by atoms with Crippen LogP contribution in [0.2, 0.25) is 0 Å². The van der Waals surface area contributed by atoms with E-state index < -0.39 is 5.60 Å². The molecule has 0 atom stereocenters. The SMILES string of the molecule is OC1(CN(Cc2ccco2)C2CC2)CCNCC1. The molecule has 1 saturated carbocycles. The lowest BCUT2D eigenvalue weighted by molar-refractivity contribution is -0.0262. The standard InChI is InChI=1S/C14H22N2O2/c17-14(5-7-15-8-6-14)11-16(12-3-4-12)10-13-2-1-9-18-13/h1-2,9,12,15,17H,3-8,10-11H2. The molecule has 1 aliphatic heterocycles. The van der Waals surface area contributed by atoms with Crippen molar-refractivity contribution < 1.29 is 9.52 Å². The number of nitrogens with one attached hydrogen (secondary N) is 1. The van der Waals surface area contributed by atoms with Gasteiger partial charge in [-0.05, 0) is 50.9 Å². The van der Waals surface area contributed by atoms with Gasteiger partial charge >= 0.3 is 0 Å². The van der Waals surface area contributed by atoms with E-state index in [2.05, 4.69) is 10.2 Å². The lowest BCUT2D eigenvalue weighted by Crippen LogP contribution is -2.50. The van der Waals surface area contributed by atoms with Crippen LogP contribution in [0.4, 0.5) is 0 Å². The molecule has 100 valence electrons. The van der Waals surface area contributed by atoms with Crippen LogP contribution < -0.4 is 5.32 Å². The monoisotopic (exact) mass is 250 g/mol. The Balaban J connectivity index is 1.62. The van der Waals surface area contributed by atoms with E-state index in [4.69, 9.17) is 4.42 Å². The molecule has 2 fully saturated rings. The Morgan fingerprint density at radius 1 is 1.39 bits per heavy atom. The highest BCUT2D eigenvalue weighted by molar-refractivity contribution is 5.01. The fourth-order valence-electron chi connectivity index (χ4n) is 2.78. The molecule has 4 nitrogen and oxygen atoms in total. The first-order valence-corrected chi connectivity index (χ1v) is 6.95.